The lowest BCUT2D eigenvalue weighted by atomic mass is 10.2. The number of carbonyl (C=O) groups is 1. The van der Waals surface area contributed by atoms with Gasteiger partial charge in [0.1, 0.15) is 5.69 Å². The van der Waals surface area contributed by atoms with E-state index in [9.17, 15) is 22.8 Å². The molecule has 2 rings (SSSR count). The van der Waals surface area contributed by atoms with Crippen molar-refractivity contribution in [1.82, 2.24) is 10.3 Å². The first kappa shape index (κ1) is 15.5. The van der Waals surface area contributed by atoms with Gasteiger partial charge in [-0.25, -0.2) is 0 Å². The summed E-state index contributed by atoms with van der Waals surface area (Å²) in [6.07, 6.45) is -4.02. The lowest BCUT2D eigenvalue weighted by molar-refractivity contribution is -0.137. The van der Waals surface area contributed by atoms with Crippen LogP contribution in [-0.2, 0) is 15.7 Å². The van der Waals surface area contributed by atoms with E-state index >= 15 is 0 Å². The van der Waals surface area contributed by atoms with Crippen LogP contribution in [0.5, 0.6) is 0 Å². The first-order chi connectivity index (χ1) is 9.86. The summed E-state index contributed by atoms with van der Waals surface area (Å²) < 4.78 is 42.8. The number of morpholine rings is 1. The largest absolute Gasteiger partial charge is 0.417 e. The third-order valence-corrected chi connectivity index (χ3v) is 2.93. The molecule has 21 heavy (non-hydrogen) atoms. The van der Waals surface area contributed by atoms with Crippen LogP contribution in [0.15, 0.2) is 17.1 Å². The molecular weight excluding hydrogens is 291 g/mol. The summed E-state index contributed by atoms with van der Waals surface area (Å²) in [4.78, 5) is 25.2. The van der Waals surface area contributed by atoms with E-state index in [1.54, 1.807) is 0 Å². The second-order valence-corrected chi connectivity index (χ2v) is 4.61. The second-order valence-electron chi connectivity index (χ2n) is 4.61. The summed E-state index contributed by atoms with van der Waals surface area (Å²) in [7, 11) is 0. The summed E-state index contributed by atoms with van der Waals surface area (Å²) >= 11 is 0. The average molecular weight is 305 g/mol. The molecule has 0 radical (unpaired) electrons. The van der Waals surface area contributed by atoms with E-state index in [1.807, 2.05) is 4.98 Å². The van der Waals surface area contributed by atoms with Gasteiger partial charge in [0.15, 0.2) is 0 Å². The van der Waals surface area contributed by atoms with Crippen LogP contribution in [0.25, 0.3) is 0 Å². The zero-order valence-electron chi connectivity index (χ0n) is 10.9. The molecule has 1 aliphatic rings. The second kappa shape index (κ2) is 6.27. The van der Waals surface area contributed by atoms with E-state index in [0.29, 0.717) is 32.0 Å². The molecule has 2 heterocycles. The Bertz CT molecular complexity index is 565. The number of aromatic nitrogens is 1. The third-order valence-electron chi connectivity index (χ3n) is 2.93. The zero-order valence-corrected chi connectivity index (χ0v) is 10.9. The van der Waals surface area contributed by atoms with Gasteiger partial charge in [-0.15, -0.1) is 0 Å². The van der Waals surface area contributed by atoms with Crippen LogP contribution in [0, 0.1) is 0 Å². The molecule has 1 amide bonds. The fraction of sp³-hybridized carbons (Fsp3) is 0.500. The number of amides is 1. The van der Waals surface area contributed by atoms with E-state index in [1.165, 1.54) is 0 Å². The number of aromatic amines is 1. The average Bonchev–Trinajstić information content (AvgIpc) is 2.41. The summed E-state index contributed by atoms with van der Waals surface area (Å²) in [5.74, 6) is -0.553. The van der Waals surface area contributed by atoms with Gasteiger partial charge < -0.3 is 20.4 Å². The molecule has 0 aromatic carbocycles. The third kappa shape index (κ3) is 4.30. The van der Waals surface area contributed by atoms with E-state index < -0.39 is 28.9 Å². The number of rotatable bonds is 3. The van der Waals surface area contributed by atoms with Crippen molar-refractivity contribution in [3.05, 3.63) is 28.2 Å². The minimum Gasteiger partial charge on any atom is -0.378 e. The predicted molar refractivity (Wildman–Crippen MR) is 67.9 cm³/mol. The number of nitrogens with one attached hydrogen (secondary N) is 3. The molecule has 0 bridgehead atoms. The number of alkyl halides is 3. The first-order valence-corrected chi connectivity index (χ1v) is 6.27. The van der Waals surface area contributed by atoms with Crippen molar-refractivity contribution >= 4 is 11.6 Å². The topological polar surface area (TPSA) is 83.2 Å². The van der Waals surface area contributed by atoms with Crippen LogP contribution in [0.2, 0.25) is 0 Å². The fourth-order valence-electron chi connectivity index (χ4n) is 1.92. The van der Waals surface area contributed by atoms with Gasteiger partial charge in [-0.05, 0) is 6.07 Å². The normalized spacial score (nSPS) is 19.3. The van der Waals surface area contributed by atoms with Gasteiger partial charge in [-0.2, -0.15) is 13.2 Å². The molecule has 9 heteroatoms. The number of pyridine rings is 1. The van der Waals surface area contributed by atoms with Crippen molar-refractivity contribution in [2.75, 3.05) is 25.1 Å². The summed E-state index contributed by atoms with van der Waals surface area (Å²) in [5.41, 5.74) is -2.24. The van der Waals surface area contributed by atoms with Crippen LogP contribution in [-0.4, -0.2) is 36.7 Å². The van der Waals surface area contributed by atoms with Gasteiger partial charge in [0.05, 0.1) is 18.8 Å². The smallest absolute Gasteiger partial charge is 0.378 e. The molecule has 0 saturated carbocycles. The summed E-state index contributed by atoms with van der Waals surface area (Å²) in [6.45, 7) is 1.49. The Morgan fingerprint density at radius 2 is 2.24 bits per heavy atom. The number of hydrogen-bond acceptors (Lipinski definition) is 4. The standard InChI is InChI=1S/C12H14F3N3O3/c13-12(14,15)7-3-9(11(20)17-5-7)18-10(19)4-8-6-21-2-1-16-8/h3,5,8,16H,1-2,4,6H2,(H,17,20)(H,18,19). The first-order valence-electron chi connectivity index (χ1n) is 6.27. The minimum atomic E-state index is -4.59. The number of carbonyl (C=O) groups excluding carboxylic acids is 1. The van der Waals surface area contributed by atoms with Crippen molar-refractivity contribution in [2.45, 2.75) is 18.6 Å². The van der Waals surface area contributed by atoms with E-state index in [2.05, 4.69) is 10.6 Å². The molecule has 0 aliphatic carbocycles. The van der Waals surface area contributed by atoms with Crippen LogP contribution in [0.3, 0.4) is 0 Å². The molecule has 3 N–H and O–H groups in total. The van der Waals surface area contributed by atoms with E-state index in [0.717, 1.165) is 0 Å². The Morgan fingerprint density at radius 1 is 1.48 bits per heavy atom. The molecular formula is C12H14F3N3O3. The van der Waals surface area contributed by atoms with Crippen molar-refractivity contribution in [1.29, 1.82) is 0 Å². The molecule has 1 aromatic heterocycles. The highest BCUT2D eigenvalue weighted by atomic mass is 19.4. The van der Waals surface area contributed by atoms with Gasteiger partial charge in [0, 0.05) is 25.2 Å². The Balaban J connectivity index is 2.04. The van der Waals surface area contributed by atoms with Gasteiger partial charge in [-0.1, -0.05) is 0 Å². The highest BCUT2D eigenvalue weighted by molar-refractivity contribution is 5.91. The monoisotopic (exact) mass is 305 g/mol. The highest BCUT2D eigenvalue weighted by Gasteiger charge is 2.31. The number of anilines is 1. The van der Waals surface area contributed by atoms with Crippen LogP contribution < -0.4 is 16.2 Å². The molecule has 0 spiro atoms. The lowest BCUT2D eigenvalue weighted by Crippen LogP contribution is -2.43. The van der Waals surface area contributed by atoms with Crippen LogP contribution >= 0.6 is 0 Å². The molecule has 1 unspecified atom stereocenters. The summed E-state index contributed by atoms with van der Waals surface area (Å²) in [6, 6.07) is 0.394. The molecule has 116 valence electrons. The van der Waals surface area contributed by atoms with E-state index in [-0.39, 0.29) is 12.5 Å². The maximum absolute atomic E-state index is 12.5. The number of halogens is 3. The molecule has 6 nitrogen and oxygen atoms in total. The SMILES string of the molecule is O=C(CC1COCCN1)Nc1cc(C(F)(F)F)c[nH]c1=O. The number of ether oxygens (including phenoxy) is 1. The van der Waals surface area contributed by atoms with Gasteiger partial charge >= 0.3 is 6.18 Å². The highest BCUT2D eigenvalue weighted by Crippen LogP contribution is 2.29. The minimum absolute atomic E-state index is 0.00961. The Labute approximate surface area is 117 Å². The quantitative estimate of drug-likeness (QED) is 0.768. The number of hydrogen-bond donors (Lipinski definition) is 3. The maximum atomic E-state index is 12.5. The van der Waals surface area contributed by atoms with Crippen molar-refractivity contribution in [3.8, 4) is 0 Å². The van der Waals surface area contributed by atoms with Gasteiger partial charge in [0.2, 0.25) is 5.91 Å². The van der Waals surface area contributed by atoms with Crippen molar-refractivity contribution < 1.29 is 22.7 Å². The number of H-pyrrole nitrogens is 1. The Morgan fingerprint density at radius 3 is 2.86 bits per heavy atom. The van der Waals surface area contributed by atoms with Crippen LogP contribution in [0.1, 0.15) is 12.0 Å². The fourth-order valence-corrected chi connectivity index (χ4v) is 1.92. The molecule has 1 aliphatic heterocycles. The summed E-state index contributed by atoms with van der Waals surface area (Å²) in [5, 5.41) is 5.23. The van der Waals surface area contributed by atoms with Gasteiger partial charge in [-0.3, -0.25) is 9.59 Å². The molecule has 1 atom stereocenters. The van der Waals surface area contributed by atoms with Crippen LogP contribution in [0.4, 0.5) is 18.9 Å². The zero-order chi connectivity index (χ0) is 15.5. The molecule has 1 aromatic rings. The van der Waals surface area contributed by atoms with Crippen molar-refractivity contribution in [3.63, 3.8) is 0 Å². The maximum Gasteiger partial charge on any atom is 0.417 e. The Kier molecular flexibility index (Phi) is 4.63. The Hall–Kier alpha value is -1.87. The lowest BCUT2D eigenvalue weighted by Gasteiger charge is -2.23. The molecule has 1 saturated heterocycles. The van der Waals surface area contributed by atoms with Gasteiger partial charge in [0.25, 0.3) is 5.56 Å². The van der Waals surface area contributed by atoms with Crippen molar-refractivity contribution in [2.24, 2.45) is 0 Å². The predicted octanol–water partition coefficient (Wildman–Crippen LogP) is 0.711. The van der Waals surface area contributed by atoms with E-state index in [4.69, 9.17) is 4.74 Å². The molecule has 1 fully saturated rings.